The van der Waals surface area contributed by atoms with Crippen LogP contribution in [0.5, 0.6) is 0 Å². The molecule has 0 N–H and O–H groups in total. The van der Waals surface area contributed by atoms with E-state index in [1.54, 1.807) is 6.92 Å². The van der Waals surface area contributed by atoms with Crippen LogP contribution >= 0.6 is 0 Å². The molecule has 0 aliphatic heterocycles. The largest absolute Gasteiger partial charge is 0.372 e. The first-order chi connectivity index (χ1) is 13.1. The van der Waals surface area contributed by atoms with Crippen LogP contribution in [0.4, 0.5) is 0 Å². The van der Waals surface area contributed by atoms with Crippen LogP contribution in [0, 0.1) is 0 Å². The zero-order chi connectivity index (χ0) is 19.2. The second kappa shape index (κ2) is 8.60. The van der Waals surface area contributed by atoms with E-state index in [1.165, 1.54) is 9.25 Å². The molecular formula is C21H23N3O3. The summed E-state index contributed by atoms with van der Waals surface area (Å²) in [4.78, 5) is 25.9. The van der Waals surface area contributed by atoms with Crippen molar-refractivity contribution >= 4 is 0 Å². The van der Waals surface area contributed by atoms with Gasteiger partial charge in [0.25, 0.3) is 5.56 Å². The molecule has 27 heavy (non-hydrogen) atoms. The monoisotopic (exact) mass is 365 g/mol. The van der Waals surface area contributed by atoms with Crippen LogP contribution < -0.4 is 11.2 Å². The molecule has 6 heteroatoms. The van der Waals surface area contributed by atoms with Gasteiger partial charge in [0.1, 0.15) is 6.10 Å². The molecule has 0 bridgehead atoms. The fraction of sp³-hybridized carbons (Fsp3) is 0.286. The van der Waals surface area contributed by atoms with Crippen molar-refractivity contribution in [3.63, 3.8) is 0 Å². The average molecular weight is 365 g/mol. The maximum atomic E-state index is 13.0. The van der Waals surface area contributed by atoms with Gasteiger partial charge in [-0.05, 0) is 25.0 Å². The van der Waals surface area contributed by atoms with Crippen LogP contribution in [0.2, 0.25) is 0 Å². The minimum absolute atomic E-state index is 0.196. The third-order valence-electron chi connectivity index (χ3n) is 4.30. The predicted octanol–water partition coefficient (Wildman–Crippen LogP) is 2.60. The SMILES string of the molecule is CCOC(C)c1nn(Cc2ccccc2)c(=O)n(Cc2ccccc2)c1=O. The molecule has 0 aliphatic rings. The Hall–Kier alpha value is -2.99. The summed E-state index contributed by atoms with van der Waals surface area (Å²) in [6.07, 6.45) is -0.493. The maximum Gasteiger partial charge on any atom is 0.348 e. The Morgan fingerprint density at radius 2 is 1.48 bits per heavy atom. The van der Waals surface area contributed by atoms with Crippen LogP contribution in [0.3, 0.4) is 0 Å². The van der Waals surface area contributed by atoms with Gasteiger partial charge in [0.2, 0.25) is 0 Å². The second-order valence-corrected chi connectivity index (χ2v) is 6.29. The van der Waals surface area contributed by atoms with Gasteiger partial charge in [-0.25, -0.2) is 9.48 Å². The van der Waals surface area contributed by atoms with E-state index in [0.29, 0.717) is 13.2 Å². The Bertz CT molecular complexity index is 995. The number of rotatable bonds is 7. The van der Waals surface area contributed by atoms with E-state index < -0.39 is 17.4 Å². The van der Waals surface area contributed by atoms with Gasteiger partial charge in [0.05, 0.1) is 13.1 Å². The van der Waals surface area contributed by atoms with Gasteiger partial charge in [-0.1, -0.05) is 60.7 Å². The van der Waals surface area contributed by atoms with Crippen LogP contribution in [0.15, 0.2) is 70.3 Å². The number of hydrogen-bond acceptors (Lipinski definition) is 4. The highest BCUT2D eigenvalue weighted by Crippen LogP contribution is 2.10. The highest BCUT2D eigenvalue weighted by Gasteiger charge is 2.19. The first-order valence-electron chi connectivity index (χ1n) is 9.01. The van der Waals surface area contributed by atoms with Crippen molar-refractivity contribution in [2.45, 2.75) is 33.0 Å². The molecule has 0 radical (unpaired) electrons. The number of ether oxygens (including phenoxy) is 1. The lowest BCUT2D eigenvalue weighted by molar-refractivity contribution is 0.0699. The van der Waals surface area contributed by atoms with Crippen molar-refractivity contribution in [1.82, 2.24) is 14.3 Å². The summed E-state index contributed by atoms with van der Waals surface area (Å²) in [5, 5.41) is 4.33. The van der Waals surface area contributed by atoms with Crippen molar-refractivity contribution in [3.05, 3.63) is 98.3 Å². The second-order valence-electron chi connectivity index (χ2n) is 6.29. The number of aromatic nitrogens is 3. The molecule has 0 fully saturated rings. The Labute approximate surface area is 157 Å². The molecule has 0 saturated carbocycles. The van der Waals surface area contributed by atoms with Crippen LogP contribution in [-0.4, -0.2) is 21.0 Å². The lowest BCUT2D eigenvalue weighted by atomic mass is 10.2. The van der Waals surface area contributed by atoms with Crippen molar-refractivity contribution in [2.75, 3.05) is 6.61 Å². The molecule has 1 aromatic heterocycles. The third-order valence-corrected chi connectivity index (χ3v) is 4.30. The molecule has 0 saturated heterocycles. The summed E-state index contributed by atoms with van der Waals surface area (Å²) in [6, 6.07) is 19.0. The minimum atomic E-state index is -0.493. The Kier molecular flexibility index (Phi) is 5.98. The molecule has 3 rings (SSSR count). The summed E-state index contributed by atoms with van der Waals surface area (Å²) >= 11 is 0. The number of benzene rings is 2. The molecule has 2 aromatic carbocycles. The first kappa shape index (κ1) is 18.8. The summed E-state index contributed by atoms with van der Waals surface area (Å²) in [5.41, 5.74) is 1.22. The van der Waals surface area contributed by atoms with Crippen molar-refractivity contribution in [2.24, 2.45) is 0 Å². The van der Waals surface area contributed by atoms with Crippen LogP contribution in [0.25, 0.3) is 0 Å². The quantitative estimate of drug-likeness (QED) is 0.645. The van der Waals surface area contributed by atoms with Crippen LogP contribution in [0.1, 0.15) is 36.8 Å². The van der Waals surface area contributed by atoms with E-state index in [2.05, 4.69) is 5.10 Å². The van der Waals surface area contributed by atoms with E-state index >= 15 is 0 Å². The smallest absolute Gasteiger partial charge is 0.348 e. The molecule has 0 aliphatic carbocycles. The Morgan fingerprint density at radius 3 is 2.04 bits per heavy atom. The van der Waals surface area contributed by atoms with Gasteiger partial charge in [-0.3, -0.25) is 9.36 Å². The average Bonchev–Trinajstić information content (AvgIpc) is 2.69. The van der Waals surface area contributed by atoms with E-state index in [1.807, 2.05) is 67.6 Å². The molecular weight excluding hydrogens is 342 g/mol. The number of hydrogen-bond donors (Lipinski definition) is 0. The topological polar surface area (TPSA) is 66.1 Å². The minimum Gasteiger partial charge on any atom is -0.372 e. The van der Waals surface area contributed by atoms with Gasteiger partial charge in [-0.15, -0.1) is 0 Å². The summed E-state index contributed by atoms with van der Waals surface area (Å²) in [7, 11) is 0. The maximum absolute atomic E-state index is 13.0. The number of nitrogens with zero attached hydrogens (tertiary/aromatic N) is 3. The van der Waals surface area contributed by atoms with E-state index in [9.17, 15) is 9.59 Å². The summed E-state index contributed by atoms with van der Waals surface area (Å²) < 4.78 is 8.14. The zero-order valence-electron chi connectivity index (χ0n) is 15.5. The van der Waals surface area contributed by atoms with Crippen LogP contribution in [-0.2, 0) is 17.8 Å². The van der Waals surface area contributed by atoms with Gasteiger partial charge >= 0.3 is 5.69 Å². The normalized spacial score (nSPS) is 12.1. The lowest BCUT2D eigenvalue weighted by Crippen LogP contribution is -2.44. The van der Waals surface area contributed by atoms with Gasteiger partial charge in [-0.2, -0.15) is 5.10 Å². The fourth-order valence-corrected chi connectivity index (χ4v) is 2.93. The third kappa shape index (κ3) is 4.41. The summed E-state index contributed by atoms with van der Waals surface area (Å²) in [6.45, 7) is 4.58. The van der Waals surface area contributed by atoms with Gasteiger partial charge < -0.3 is 4.74 Å². The molecule has 1 unspecified atom stereocenters. The Balaban J connectivity index is 2.09. The lowest BCUT2D eigenvalue weighted by Gasteiger charge is -2.16. The highest BCUT2D eigenvalue weighted by molar-refractivity contribution is 5.17. The van der Waals surface area contributed by atoms with E-state index in [-0.39, 0.29) is 12.2 Å². The first-order valence-corrected chi connectivity index (χ1v) is 9.01. The van der Waals surface area contributed by atoms with Crippen molar-refractivity contribution < 1.29 is 4.74 Å². The summed E-state index contributed by atoms with van der Waals surface area (Å²) in [5.74, 6) is 0. The standard InChI is InChI=1S/C21H23N3O3/c1-3-27-16(2)19-20(25)23(14-17-10-6-4-7-11-17)21(26)24(22-19)15-18-12-8-5-9-13-18/h4-13,16H,3,14-15H2,1-2H3. The molecule has 3 aromatic rings. The fourth-order valence-electron chi connectivity index (χ4n) is 2.93. The van der Waals surface area contributed by atoms with E-state index in [4.69, 9.17) is 4.74 Å². The predicted molar refractivity (Wildman–Crippen MR) is 104 cm³/mol. The molecule has 0 spiro atoms. The van der Waals surface area contributed by atoms with Crippen molar-refractivity contribution in [1.29, 1.82) is 0 Å². The molecule has 6 nitrogen and oxygen atoms in total. The zero-order valence-corrected chi connectivity index (χ0v) is 15.5. The van der Waals surface area contributed by atoms with Gasteiger partial charge in [0, 0.05) is 6.61 Å². The highest BCUT2D eigenvalue weighted by atomic mass is 16.5. The van der Waals surface area contributed by atoms with E-state index in [0.717, 1.165) is 11.1 Å². The Morgan fingerprint density at radius 1 is 0.926 bits per heavy atom. The van der Waals surface area contributed by atoms with Gasteiger partial charge in [0.15, 0.2) is 5.69 Å². The molecule has 140 valence electrons. The molecule has 0 amide bonds. The van der Waals surface area contributed by atoms with Crippen molar-refractivity contribution in [3.8, 4) is 0 Å². The molecule has 1 heterocycles. The molecule has 1 atom stereocenters.